The van der Waals surface area contributed by atoms with Crippen molar-refractivity contribution in [2.45, 2.75) is 6.42 Å². The van der Waals surface area contributed by atoms with Gasteiger partial charge in [-0.25, -0.2) is 0 Å². The molecular weight excluding hydrogens is 378 g/mol. The Bertz CT molecular complexity index is 985. The highest BCUT2D eigenvalue weighted by atomic mass is 16.5. The van der Waals surface area contributed by atoms with Gasteiger partial charge in [0.25, 0.3) is 5.91 Å². The topological polar surface area (TPSA) is 56.8 Å². The number of carbonyl (C=O) groups is 1. The monoisotopic (exact) mass is 403 g/mol. The molecule has 1 N–H and O–H groups in total. The summed E-state index contributed by atoms with van der Waals surface area (Å²) in [6.07, 6.45) is 2.43. The summed E-state index contributed by atoms with van der Waals surface area (Å²) in [6.45, 7) is 4.50. The highest BCUT2D eigenvalue weighted by molar-refractivity contribution is 6.05. The van der Waals surface area contributed by atoms with E-state index in [2.05, 4.69) is 24.0 Å². The lowest BCUT2D eigenvalue weighted by molar-refractivity contribution is 0.102. The maximum absolute atomic E-state index is 12.8. The molecule has 5 nitrogen and oxygen atoms in total. The van der Waals surface area contributed by atoms with Crippen LogP contribution in [-0.4, -0.2) is 26.2 Å². The van der Waals surface area contributed by atoms with E-state index in [1.165, 1.54) is 12.7 Å². The number of hydrogen-bond acceptors (Lipinski definition) is 4. The summed E-state index contributed by atoms with van der Waals surface area (Å²) in [6, 6.07) is 22.6. The van der Waals surface area contributed by atoms with Gasteiger partial charge in [0.05, 0.1) is 19.4 Å². The quantitative estimate of drug-likeness (QED) is 0.477. The molecule has 0 fully saturated rings. The maximum Gasteiger partial charge on any atom is 0.255 e. The van der Waals surface area contributed by atoms with E-state index in [4.69, 9.17) is 14.2 Å². The van der Waals surface area contributed by atoms with Crippen molar-refractivity contribution in [1.82, 2.24) is 0 Å². The molecule has 5 heteroatoms. The molecular formula is C25H25NO4. The van der Waals surface area contributed by atoms with Gasteiger partial charge >= 0.3 is 0 Å². The first-order valence-corrected chi connectivity index (χ1v) is 9.70. The summed E-state index contributed by atoms with van der Waals surface area (Å²) in [7, 11) is 1.54. The van der Waals surface area contributed by atoms with Crippen LogP contribution in [0.1, 0.15) is 15.9 Å². The molecule has 0 aliphatic carbocycles. The Morgan fingerprint density at radius 2 is 1.70 bits per heavy atom. The Hall–Kier alpha value is -3.73. The van der Waals surface area contributed by atoms with E-state index in [1.54, 1.807) is 24.3 Å². The highest BCUT2D eigenvalue weighted by Crippen LogP contribution is 2.29. The van der Waals surface area contributed by atoms with Crippen LogP contribution in [-0.2, 0) is 6.42 Å². The first-order valence-electron chi connectivity index (χ1n) is 9.70. The Morgan fingerprint density at radius 1 is 0.933 bits per heavy atom. The normalized spacial score (nSPS) is 10.2. The van der Waals surface area contributed by atoms with Gasteiger partial charge < -0.3 is 19.5 Å². The Morgan fingerprint density at radius 3 is 2.47 bits per heavy atom. The molecule has 3 aromatic rings. The second-order valence-corrected chi connectivity index (χ2v) is 6.50. The summed E-state index contributed by atoms with van der Waals surface area (Å²) >= 11 is 0. The fourth-order valence-corrected chi connectivity index (χ4v) is 2.89. The first-order chi connectivity index (χ1) is 14.7. The van der Waals surface area contributed by atoms with Crippen molar-refractivity contribution in [3.63, 3.8) is 0 Å². The summed E-state index contributed by atoms with van der Waals surface area (Å²) in [4.78, 5) is 12.8. The summed E-state index contributed by atoms with van der Waals surface area (Å²) in [5.41, 5.74) is 2.27. The Labute approximate surface area is 176 Å². The molecule has 154 valence electrons. The van der Waals surface area contributed by atoms with Crippen LogP contribution in [0.5, 0.6) is 17.2 Å². The average Bonchev–Trinajstić information content (AvgIpc) is 2.79. The molecule has 30 heavy (non-hydrogen) atoms. The van der Waals surface area contributed by atoms with Gasteiger partial charge in [0.1, 0.15) is 12.4 Å². The van der Waals surface area contributed by atoms with E-state index >= 15 is 0 Å². The third-order valence-electron chi connectivity index (χ3n) is 4.41. The second kappa shape index (κ2) is 10.7. The molecule has 0 aliphatic heterocycles. The van der Waals surface area contributed by atoms with Crippen molar-refractivity contribution < 1.29 is 19.0 Å². The smallest absolute Gasteiger partial charge is 0.255 e. The predicted molar refractivity (Wildman–Crippen MR) is 119 cm³/mol. The SMILES string of the molecule is C=CCOc1ccc(C(=O)Nc2ccccc2OCCc2ccccc2)cc1OC. The number of anilines is 1. The van der Waals surface area contributed by atoms with E-state index in [9.17, 15) is 4.79 Å². The van der Waals surface area contributed by atoms with E-state index in [-0.39, 0.29) is 5.91 Å². The van der Waals surface area contributed by atoms with Crippen molar-refractivity contribution in [2.75, 3.05) is 25.6 Å². The van der Waals surface area contributed by atoms with Crippen molar-refractivity contribution in [2.24, 2.45) is 0 Å². The molecule has 0 atom stereocenters. The molecule has 0 spiro atoms. The average molecular weight is 403 g/mol. The van der Waals surface area contributed by atoms with Crippen LogP contribution < -0.4 is 19.5 Å². The standard InChI is InChI=1S/C25H25NO4/c1-3-16-29-23-14-13-20(18-24(23)28-2)25(27)26-21-11-7-8-12-22(21)30-17-15-19-9-5-4-6-10-19/h3-14,18H,1,15-17H2,2H3,(H,26,27). The molecule has 1 amide bonds. The van der Waals surface area contributed by atoms with Gasteiger partial charge in [0.15, 0.2) is 11.5 Å². The van der Waals surface area contributed by atoms with Crippen LogP contribution in [0.3, 0.4) is 0 Å². The third-order valence-corrected chi connectivity index (χ3v) is 4.41. The summed E-state index contributed by atoms with van der Waals surface area (Å²) in [5.74, 6) is 1.40. The number of hydrogen-bond donors (Lipinski definition) is 1. The minimum atomic E-state index is -0.261. The van der Waals surface area contributed by atoms with Crippen molar-refractivity contribution in [1.29, 1.82) is 0 Å². The van der Waals surface area contributed by atoms with Crippen molar-refractivity contribution in [3.05, 3.63) is 96.6 Å². The van der Waals surface area contributed by atoms with Gasteiger partial charge in [-0.05, 0) is 35.9 Å². The molecule has 3 aromatic carbocycles. The van der Waals surface area contributed by atoms with Crippen LogP contribution in [0.4, 0.5) is 5.69 Å². The number of nitrogens with one attached hydrogen (secondary N) is 1. The lowest BCUT2D eigenvalue weighted by Gasteiger charge is -2.14. The molecule has 0 saturated carbocycles. The highest BCUT2D eigenvalue weighted by Gasteiger charge is 2.13. The number of para-hydroxylation sites is 2. The van der Waals surface area contributed by atoms with Crippen LogP contribution >= 0.6 is 0 Å². The lowest BCUT2D eigenvalue weighted by atomic mass is 10.1. The molecule has 0 aromatic heterocycles. The van der Waals surface area contributed by atoms with Crippen LogP contribution in [0.2, 0.25) is 0 Å². The van der Waals surface area contributed by atoms with Crippen molar-refractivity contribution in [3.8, 4) is 17.2 Å². The molecule has 0 bridgehead atoms. The number of rotatable bonds is 10. The summed E-state index contributed by atoms with van der Waals surface area (Å²) < 4.78 is 16.8. The molecule has 0 aliphatic rings. The minimum Gasteiger partial charge on any atom is -0.493 e. The Kier molecular flexibility index (Phi) is 7.50. The van der Waals surface area contributed by atoms with Gasteiger partial charge in [0.2, 0.25) is 0 Å². The van der Waals surface area contributed by atoms with Crippen LogP contribution in [0, 0.1) is 0 Å². The van der Waals surface area contributed by atoms with Gasteiger partial charge in [-0.1, -0.05) is 55.1 Å². The molecule has 0 radical (unpaired) electrons. The zero-order chi connectivity index (χ0) is 21.2. The number of carbonyl (C=O) groups excluding carboxylic acids is 1. The zero-order valence-corrected chi connectivity index (χ0v) is 17.0. The largest absolute Gasteiger partial charge is 0.493 e. The number of methoxy groups -OCH3 is 1. The van der Waals surface area contributed by atoms with E-state index in [1.807, 2.05) is 42.5 Å². The van der Waals surface area contributed by atoms with E-state index in [0.29, 0.717) is 41.7 Å². The third kappa shape index (κ3) is 5.64. The minimum absolute atomic E-state index is 0.261. The fourth-order valence-electron chi connectivity index (χ4n) is 2.89. The van der Waals surface area contributed by atoms with Gasteiger partial charge in [-0.15, -0.1) is 0 Å². The lowest BCUT2D eigenvalue weighted by Crippen LogP contribution is -2.13. The van der Waals surface area contributed by atoms with Crippen LogP contribution in [0.25, 0.3) is 0 Å². The number of benzene rings is 3. The molecule has 0 unspecified atom stereocenters. The summed E-state index contributed by atoms with van der Waals surface area (Å²) in [5, 5.41) is 2.91. The predicted octanol–water partition coefficient (Wildman–Crippen LogP) is 5.13. The Balaban J connectivity index is 1.67. The maximum atomic E-state index is 12.8. The van der Waals surface area contributed by atoms with Crippen LogP contribution in [0.15, 0.2) is 85.5 Å². The van der Waals surface area contributed by atoms with Gasteiger partial charge in [0, 0.05) is 12.0 Å². The molecule has 0 heterocycles. The molecule has 3 rings (SSSR count). The number of ether oxygens (including phenoxy) is 3. The van der Waals surface area contributed by atoms with Gasteiger partial charge in [-0.2, -0.15) is 0 Å². The van der Waals surface area contributed by atoms with Gasteiger partial charge in [-0.3, -0.25) is 4.79 Å². The van der Waals surface area contributed by atoms with E-state index < -0.39 is 0 Å². The van der Waals surface area contributed by atoms with E-state index in [0.717, 1.165) is 6.42 Å². The van der Waals surface area contributed by atoms with Crippen molar-refractivity contribution >= 4 is 11.6 Å². The number of amides is 1. The second-order valence-electron chi connectivity index (χ2n) is 6.50. The zero-order valence-electron chi connectivity index (χ0n) is 17.0. The first kappa shape index (κ1) is 21.0. The fraction of sp³-hybridized carbons (Fsp3) is 0.160. The molecule has 0 saturated heterocycles.